The van der Waals surface area contributed by atoms with Gasteiger partial charge in [0.15, 0.2) is 11.9 Å². The van der Waals surface area contributed by atoms with Crippen LogP contribution in [-0.2, 0) is 23.8 Å². The van der Waals surface area contributed by atoms with Gasteiger partial charge in [-0.25, -0.2) is 9.79 Å². The van der Waals surface area contributed by atoms with Gasteiger partial charge in [0, 0.05) is 19.5 Å². The molecule has 306 valence electrons. The zero-order valence-corrected chi connectivity index (χ0v) is 34.4. The first-order chi connectivity index (χ1) is 25.2. The highest BCUT2D eigenvalue weighted by molar-refractivity contribution is 5.86. The number of hydrogen-bond donors (Lipinski definition) is 5. The lowest BCUT2D eigenvalue weighted by Gasteiger charge is -2.44. The summed E-state index contributed by atoms with van der Waals surface area (Å²) >= 11 is 0. The van der Waals surface area contributed by atoms with Crippen LogP contribution < -0.4 is 28.3 Å². The van der Waals surface area contributed by atoms with Crippen molar-refractivity contribution in [1.82, 2.24) is 5.32 Å². The Morgan fingerprint density at radius 3 is 2.38 bits per heavy atom. The molecule has 0 aromatic carbocycles. The molecule has 8 atom stereocenters. The number of amides is 1. The van der Waals surface area contributed by atoms with E-state index in [1.54, 1.807) is 0 Å². The molecular formula is C41H77N7O5. The predicted molar refractivity (Wildman–Crippen MR) is 216 cm³/mol. The van der Waals surface area contributed by atoms with Gasteiger partial charge in [0.2, 0.25) is 5.91 Å². The van der Waals surface area contributed by atoms with E-state index < -0.39 is 6.04 Å². The Morgan fingerprint density at radius 1 is 0.962 bits per heavy atom. The SMILES string of the molecule is CCC1(C)C(C(C)CCCC(C)C)CCC1C1C/C=C(\C)CC(OC(=O)COCCOCCNC(=O)C(CCCN=C(N)N)N=C(N)N)CCCC1C. The normalized spacial score (nSPS) is 27.2. The Balaban J connectivity index is 1.76. The summed E-state index contributed by atoms with van der Waals surface area (Å²) in [5, 5.41) is 2.77. The van der Waals surface area contributed by atoms with Crippen molar-refractivity contribution in [3.8, 4) is 0 Å². The lowest BCUT2D eigenvalue weighted by molar-refractivity contribution is -0.155. The van der Waals surface area contributed by atoms with Crippen molar-refractivity contribution in [3.63, 3.8) is 0 Å². The maximum Gasteiger partial charge on any atom is 0.332 e. The number of carbonyl (C=O) groups excluding carboxylic acids is 2. The lowest BCUT2D eigenvalue weighted by atomic mass is 9.61. The Morgan fingerprint density at radius 2 is 1.70 bits per heavy atom. The van der Waals surface area contributed by atoms with E-state index in [9.17, 15) is 9.59 Å². The van der Waals surface area contributed by atoms with Crippen LogP contribution in [0.25, 0.3) is 0 Å². The third-order valence-electron chi connectivity index (χ3n) is 12.1. The quantitative estimate of drug-likeness (QED) is 0.0298. The summed E-state index contributed by atoms with van der Waals surface area (Å²) in [6.07, 6.45) is 16.3. The van der Waals surface area contributed by atoms with Gasteiger partial charge in [-0.3, -0.25) is 9.79 Å². The topological polar surface area (TPSA) is 203 Å². The highest BCUT2D eigenvalue weighted by Crippen LogP contribution is 2.58. The van der Waals surface area contributed by atoms with Crippen LogP contribution >= 0.6 is 0 Å². The number of esters is 1. The predicted octanol–water partition coefficient (Wildman–Crippen LogP) is 5.81. The van der Waals surface area contributed by atoms with Crippen LogP contribution in [0.2, 0.25) is 0 Å². The number of nitrogens with one attached hydrogen (secondary N) is 1. The minimum Gasteiger partial charge on any atom is -0.460 e. The van der Waals surface area contributed by atoms with E-state index in [0.717, 1.165) is 49.4 Å². The maximum atomic E-state index is 12.7. The second-order valence-corrected chi connectivity index (χ2v) is 16.6. The van der Waals surface area contributed by atoms with E-state index in [1.807, 2.05) is 0 Å². The summed E-state index contributed by atoms with van der Waals surface area (Å²) in [7, 11) is 0. The van der Waals surface area contributed by atoms with Gasteiger partial charge in [-0.2, -0.15) is 0 Å². The minimum absolute atomic E-state index is 0.00821. The standard InChI is InChI=1S/C41H77N7O5/c1-8-41(7)34(31(6)14-9-12-28(2)3)19-20-35(41)33-18-17-29(4)26-32(15-10-13-30(33)5)53-37(49)27-52-25-24-51-23-22-46-38(50)36(48-40(44)45)16-11-21-47-39(42)43/h17,28,30-36H,8-16,18-27H2,1-7H3,(H,46,50)(H4,42,43,47)(H4,44,45,48)/b29-17+. The van der Waals surface area contributed by atoms with Crippen molar-refractivity contribution >= 4 is 23.8 Å². The van der Waals surface area contributed by atoms with Crippen molar-refractivity contribution in [1.29, 1.82) is 0 Å². The van der Waals surface area contributed by atoms with Crippen molar-refractivity contribution in [2.75, 3.05) is 39.5 Å². The first-order valence-corrected chi connectivity index (χ1v) is 20.6. The lowest BCUT2D eigenvalue weighted by Crippen LogP contribution is -2.38. The highest BCUT2D eigenvalue weighted by Gasteiger charge is 2.50. The minimum atomic E-state index is -0.741. The summed E-state index contributed by atoms with van der Waals surface area (Å²) in [6, 6.07) is -0.741. The zero-order chi connectivity index (χ0) is 39.4. The molecule has 2 aliphatic carbocycles. The molecule has 0 aromatic rings. The molecule has 1 fully saturated rings. The van der Waals surface area contributed by atoms with Gasteiger partial charge in [0.05, 0.1) is 19.8 Å². The molecule has 0 saturated heterocycles. The van der Waals surface area contributed by atoms with Gasteiger partial charge >= 0.3 is 5.97 Å². The van der Waals surface area contributed by atoms with Crippen molar-refractivity contribution < 1.29 is 23.8 Å². The number of allylic oxidation sites excluding steroid dienone is 1. The molecule has 0 spiro atoms. The van der Waals surface area contributed by atoms with Crippen LogP contribution in [-0.4, -0.2) is 75.5 Å². The third kappa shape index (κ3) is 17.0. The summed E-state index contributed by atoms with van der Waals surface area (Å²) < 4.78 is 17.0. The maximum absolute atomic E-state index is 12.7. The first kappa shape index (κ1) is 46.3. The van der Waals surface area contributed by atoms with Crippen LogP contribution in [0, 0.1) is 40.9 Å². The molecule has 0 bridgehead atoms. The molecule has 2 aliphatic rings. The van der Waals surface area contributed by atoms with E-state index in [1.165, 1.54) is 50.5 Å². The van der Waals surface area contributed by atoms with Gasteiger partial charge in [-0.1, -0.05) is 85.3 Å². The van der Waals surface area contributed by atoms with Crippen molar-refractivity contribution in [3.05, 3.63) is 11.6 Å². The number of ether oxygens (including phenoxy) is 3. The Bertz CT molecular complexity index is 1170. The molecule has 9 N–H and O–H groups in total. The van der Waals surface area contributed by atoms with E-state index in [-0.39, 0.29) is 62.9 Å². The number of guanidine groups is 2. The number of hydrogen-bond acceptors (Lipinski definition) is 7. The molecule has 12 nitrogen and oxygen atoms in total. The molecular weight excluding hydrogens is 670 g/mol. The zero-order valence-electron chi connectivity index (χ0n) is 34.4. The number of aliphatic imine (C=N–C) groups is 2. The number of nitrogens with zero attached hydrogens (tertiary/aromatic N) is 2. The molecule has 1 saturated carbocycles. The van der Waals surface area contributed by atoms with E-state index >= 15 is 0 Å². The first-order valence-electron chi connectivity index (χ1n) is 20.6. The number of nitrogens with two attached hydrogens (primary N) is 4. The number of rotatable bonds is 22. The molecule has 0 aliphatic heterocycles. The molecule has 0 radical (unpaired) electrons. The summed E-state index contributed by atoms with van der Waals surface area (Å²) in [6.45, 7) is 18.3. The highest BCUT2D eigenvalue weighted by atomic mass is 16.6. The van der Waals surface area contributed by atoms with Crippen LogP contribution in [0.1, 0.15) is 132 Å². The summed E-state index contributed by atoms with van der Waals surface area (Å²) in [5.74, 6) is 3.66. The second-order valence-electron chi connectivity index (χ2n) is 16.6. The van der Waals surface area contributed by atoms with Crippen LogP contribution in [0.15, 0.2) is 21.6 Å². The Labute approximate surface area is 321 Å². The van der Waals surface area contributed by atoms with Crippen molar-refractivity contribution in [2.24, 2.45) is 73.8 Å². The number of carbonyl (C=O) groups is 2. The Kier molecular flexibility index (Phi) is 21.4. The summed E-state index contributed by atoms with van der Waals surface area (Å²) in [4.78, 5) is 33.2. The molecule has 8 unspecified atom stereocenters. The molecule has 0 aromatic heterocycles. The largest absolute Gasteiger partial charge is 0.460 e. The van der Waals surface area contributed by atoms with E-state index in [0.29, 0.717) is 36.6 Å². The molecule has 53 heavy (non-hydrogen) atoms. The van der Waals surface area contributed by atoms with E-state index in [4.69, 9.17) is 37.1 Å². The van der Waals surface area contributed by atoms with Gasteiger partial charge in [0.1, 0.15) is 18.8 Å². The average Bonchev–Trinajstić information content (AvgIpc) is 3.43. The molecule has 1 amide bonds. The van der Waals surface area contributed by atoms with Crippen LogP contribution in [0.5, 0.6) is 0 Å². The Hall–Kier alpha value is -2.86. The fourth-order valence-electron chi connectivity index (χ4n) is 9.05. The van der Waals surface area contributed by atoms with Gasteiger partial charge in [0.25, 0.3) is 0 Å². The van der Waals surface area contributed by atoms with Crippen LogP contribution in [0.3, 0.4) is 0 Å². The smallest absolute Gasteiger partial charge is 0.332 e. The summed E-state index contributed by atoms with van der Waals surface area (Å²) in [5.41, 5.74) is 23.4. The van der Waals surface area contributed by atoms with Gasteiger partial charge in [-0.15, -0.1) is 0 Å². The fraction of sp³-hybridized carbons (Fsp3) is 0.854. The van der Waals surface area contributed by atoms with E-state index in [2.05, 4.69) is 69.8 Å². The molecule has 0 heterocycles. The molecule has 2 rings (SSSR count). The molecule has 12 heteroatoms. The monoisotopic (exact) mass is 748 g/mol. The third-order valence-corrected chi connectivity index (χ3v) is 12.1. The second kappa shape index (κ2) is 24.5. The average molecular weight is 748 g/mol. The van der Waals surface area contributed by atoms with Gasteiger partial charge < -0.3 is 42.5 Å². The van der Waals surface area contributed by atoms with Crippen molar-refractivity contribution in [2.45, 2.75) is 144 Å². The fourth-order valence-corrected chi connectivity index (χ4v) is 9.05. The van der Waals surface area contributed by atoms with Crippen LogP contribution in [0.4, 0.5) is 0 Å². The van der Waals surface area contributed by atoms with Gasteiger partial charge in [-0.05, 0) is 92.8 Å².